The first kappa shape index (κ1) is 17.0. The van der Waals surface area contributed by atoms with Gasteiger partial charge in [-0.2, -0.15) is 0 Å². The lowest BCUT2D eigenvalue weighted by molar-refractivity contribution is -0.123. The number of carbonyl (C=O) groups is 1. The Bertz CT molecular complexity index is 936. The molecule has 0 saturated heterocycles. The predicted molar refractivity (Wildman–Crippen MR) is 98.6 cm³/mol. The van der Waals surface area contributed by atoms with Crippen LogP contribution in [-0.4, -0.2) is 16.0 Å². The van der Waals surface area contributed by atoms with Crippen molar-refractivity contribution in [2.75, 3.05) is 5.32 Å². The number of aromatic nitrogens is 1. The summed E-state index contributed by atoms with van der Waals surface area (Å²) in [6, 6.07) is 10.8. The minimum absolute atomic E-state index is 0.00832. The van der Waals surface area contributed by atoms with E-state index in [2.05, 4.69) is 17.2 Å². The molecule has 0 spiro atoms. The number of fused-ring (bicyclic) bond motifs is 1. The fourth-order valence-electron chi connectivity index (χ4n) is 2.42. The van der Waals surface area contributed by atoms with Gasteiger partial charge in [0.15, 0.2) is 5.58 Å². The van der Waals surface area contributed by atoms with Crippen molar-refractivity contribution >= 4 is 22.7 Å². The van der Waals surface area contributed by atoms with Crippen LogP contribution in [0.15, 0.2) is 40.8 Å². The molecule has 0 fully saturated rings. The van der Waals surface area contributed by atoms with Crippen molar-refractivity contribution in [3.63, 3.8) is 0 Å². The van der Waals surface area contributed by atoms with Crippen molar-refractivity contribution < 1.29 is 14.3 Å². The van der Waals surface area contributed by atoms with Gasteiger partial charge in [0, 0.05) is 17.2 Å². The van der Waals surface area contributed by atoms with E-state index in [0.717, 1.165) is 11.9 Å². The number of amides is 1. The first-order valence-electron chi connectivity index (χ1n) is 8.32. The fourth-order valence-corrected chi connectivity index (χ4v) is 2.42. The molecule has 0 saturated carbocycles. The fraction of sp³-hybridized carbons (Fsp3) is 0.300. The number of anilines is 1. The Morgan fingerprint density at radius 2 is 1.96 bits per heavy atom. The van der Waals surface area contributed by atoms with Crippen molar-refractivity contribution in [2.45, 2.75) is 34.1 Å². The van der Waals surface area contributed by atoms with Crippen LogP contribution in [0.5, 0.6) is 5.75 Å². The van der Waals surface area contributed by atoms with Gasteiger partial charge >= 0.3 is 0 Å². The molecule has 25 heavy (non-hydrogen) atoms. The molecule has 5 heteroatoms. The monoisotopic (exact) mass is 338 g/mol. The van der Waals surface area contributed by atoms with Crippen LogP contribution in [0, 0.1) is 5.41 Å². The number of hydrogen-bond donors (Lipinski definition) is 2. The maximum atomic E-state index is 12.1. The number of phenolic OH excluding ortho intramolecular Hbond substituents is 1. The number of nitrogens with zero attached hydrogens (tertiary/aromatic N) is 1. The molecule has 130 valence electrons. The number of carbonyl (C=O) groups excluding carboxylic acids is 1. The molecule has 3 aromatic rings. The summed E-state index contributed by atoms with van der Waals surface area (Å²) in [7, 11) is 0. The lowest BCUT2D eigenvalue weighted by Gasteiger charge is -2.17. The van der Waals surface area contributed by atoms with Crippen LogP contribution in [0.3, 0.4) is 0 Å². The summed E-state index contributed by atoms with van der Waals surface area (Å²) in [5.74, 6) is 0.247. The minimum Gasteiger partial charge on any atom is -0.507 e. The molecule has 0 aliphatic carbocycles. The number of rotatable bonds is 3. The lowest BCUT2D eigenvalue weighted by atomic mass is 9.95. The first-order valence-corrected chi connectivity index (χ1v) is 8.32. The summed E-state index contributed by atoms with van der Waals surface area (Å²) in [5, 5.41) is 13.1. The number of hydrogen-bond acceptors (Lipinski definition) is 4. The molecule has 0 bridgehead atoms. The van der Waals surface area contributed by atoms with E-state index in [1.807, 2.05) is 39.0 Å². The number of benzene rings is 2. The molecule has 5 nitrogen and oxygen atoms in total. The minimum atomic E-state index is -0.508. The number of phenols is 1. The Balaban J connectivity index is 1.92. The van der Waals surface area contributed by atoms with Gasteiger partial charge in [-0.25, -0.2) is 4.98 Å². The third kappa shape index (κ3) is 3.50. The van der Waals surface area contributed by atoms with Gasteiger partial charge < -0.3 is 14.8 Å². The maximum absolute atomic E-state index is 12.1. The zero-order chi connectivity index (χ0) is 18.2. The largest absolute Gasteiger partial charge is 0.507 e. The molecule has 0 unspecified atom stereocenters. The average molecular weight is 338 g/mol. The summed E-state index contributed by atoms with van der Waals surface area (Å²) >= 11 is 0. The molecule has 0 radical (unpaired) electrons. The second-order valence-electron chi connectivity index (χ2n) is 7.11. The van der Waals surface area contributed by atoms with Crippen molar-refractivity contribution in [1.82, 2.24) is 4.98 Å². The molecule has 3 rings (SSSR count). The Hall–Kier alpha value is -2.82. The van der Waals surface area contributed by atoms with Crippen molar-refractivity contribution in [3.8, 4) is 17.2 Å². The van der Waals surface area contributed by atoms with E-state index in [9.17, 15) is 9.90 Å². The van der Waals surface area contributed by atoms with E-state index < -0.39 is 5.41 Å². The standard InChI is InChI=1S/C20H22N2O3/c1-5-12-6-9-17-15(10-12)22-18(25-17)14-8-7-13(11-16(14)23)21-19(24)20(2,3)4/h6-11,23H,5H2,1-4H3,(H,21,24). The zero-order valence-electron chi connectivity index (χ0n) is 14.9. The second-order valence-corrected chi connectivity index (χ2v) is 7.11. The van der Waals surface area contributed by atoms with E-state index >= 15 is 0 Å². The van der Waals surface area contributed by atoms with Crippen molar-refractivity contribution in [1.29, 1.82) is 0 Å². The highest BCUT2D eigenvalue weighted by Crippen LogP contribution is 2.33. The molecule has 0 aliphatic heterocycles. The van der Waals surface area contributed by atoms with Crippen LogP contribution < -0.4 is 5.32 Å². The summed E-state index contributed by atoms with van der Waals surface area (Å²) < 4.78 is 5.75. The van der Waals surface area contributed by atoms with Gasteiger partial charge in [-0.3, -0.25) is 4.79 Å². The summed E-state index contributed by atoms with van der Waals surface area (Å²) in [6.45, 7) is 7.58. The predicted octanol–water partition coefficient (Wildman–Crippen LogP) is 4.75. The van der Waals surface area contributed by atoms with Gasteiger partial charge in [-0.15, -0.1) is 0 Å². The number of aromatic hydroxyl groups is 1. The molecular weight excluding hydrogens is 316 g/mol. The Morgan fingerprint density at radius 3 is 2.60 bits per heavy atom. The third-order valence-electron chi connectivity index (χ3n) is 4.03. The quantitative estimate of drug-likeness (QED) is 0.723. The van der Waals surface area contributed by atoms with Gasteiger partial charge in [-0.05, 0) is 36.2 Å². The van der Waals surface area contributed by atoms with Crippen LogP contribution in [0.1, 0.15) is 33.3 Å². The average Bonchev–Trinajstić information content (AvgIpc) is 2.96. The molecule has 2 N–H and O–H groups in total. The van der Waals surface area contributed by atoms with Crippen LogP contribution >= 0.6 is 0 Å². The van der Waals surface area contributed by atoms with Crippen molar-refractivity contribution in [2.24, 2.45) is 5.41 Å². The van der Waals surface area contributed by atoms with Gasteiger partial charge in [0.25, 0.3) is 0 Å². The molecule has 1 heterocycles. The highest BCUT2D eigenvalue weighted by molar-refractivity contribution is 5.95. The van der Waals surface area contributed by atoms with Gasteiger partial charge in [-0.1, -0.05) is 33.8 Å². The Kier molecular flexibility index (Phi) is 4.25. The molecular formula is C20H22N2O3. The van der Waals surface area contributed by atoms with Crippen molar-refractivity contribution in [3.05, 3.63) is 42.0 Å². The summed E-state index contributed by atoms with van der Waals surface area (Å²) in [5.41, 5.74) is 3.13. The Labute approximate surface area is 146 Å². The normalized spacial score (nSPS) is 11.7. The van der Waals surface area contributed by atoms with Crippen LogP contribution in [0.25, 0.3) is 22.6 Å². The number of oxazole rings is 1. The van der Waals surface area contributed by atoms with E-state index in [0.29, 0.717) is 22.7 Å². The molecule has 1 amide bonds. The molecule has 2 aromatic carbocycles. The number of nitrogens with one attached hydrogen (secondary N) is 1. The maximum Gasteiger partial charge on any atom is 0.231 e. The van der Waals surface area contributed by atoms with Gasteiger partial charge in [0.2, 0.25) is 11.8 Å². The van der Waals surface area contributed by atoms with Crippen LogP contribution in [-0.2, 0) is 11.2 Å². The zero-order valence-corrected chi connectivity index (χ0v) is 14.9. The highest BCUT2D eigenvalue weighted by atomic mass is 16.3. The summed E-state index contributed by atoms with van der Waals surface area (Å²) in [6.07, 6.45) is 0.922. The third-order valence-corrected chi connectivity index (χ3v) is 4.03. The van der Waals surface area contributed by atoms with E-state index in [4.69, 9.17) is 4.42 Å². The van der Waals surface area contributed by atoms with E-state index in [-0.39, 0.29) is 11.7 Å². The lowest BCUT2D eigenvalue weighted by Crippen LogP contribution is -2.27. The van der Waals surface area contributed by atoms with E-state index in [1.165, 1.54) is 11.6 Å². The van der Waals surface area contributed by atoms with Gasteiger partial charge in [0.1, 0.15) is 11.3 Å². The van der Waals surface area contributed by atoms with E-state index in [1.54, 1.807) is 12.1 Å². The van der Waals surface area contributed by atoms with Gasteiger partial charge in [0.05, 0.1) is 5.56 Å². The molecule has 0 aliphatic rings. The topological polar surface area (TPSA) is 75.4 Å². The molecule has 1 aromatic heterocycles. The first-order chi connectivity index (χ1) is 11.8. The molecule has 0 atom stereocenters. The smallest absolute Gasteiger partial charge is 0.231 e. The Morgan fingerprint density at radius 1 is 1.20 bits per heavy atom. The van der Waals surface area contributed by atoms with Crippen LogP contribution in [0.2, 0.25) is 0 Å². The number of aryl methyl sites for hydroxylation is 1. The highest BCUT2D eigenvalue weighted by Gasteiger charge is 2.22. The second kappa shape index (κ2) is 6.24. The van der Waals surface area contributed by atoms with Crippen LogP contribution in [0.4, 0.5) is 5.69 Å². The summed E-state index contributed by atoms with van der Waals surface area (Å²) in [4.78, 5) is 16.5. The SMILES string of the molecule is CCc1ccc2oc(-c3ccc(NC(=O)C(C)(C)C)cc3O)nc2c1.